The first kappa shape index (κ1) is 14.9. The van der Waals surface area contributed by atoms with Gasteiger partial charge in [0, 0.05) is 12.8 Å². The highest BCUT2D eigenvalue weighted by molar-refractivity contribution is 5.80. The molecule has 0 spiro atoms. The van der Waals surface area contributed by atoms with E-state index in [4.69, 9.17) is 9.47 Å². The average Bonchev–Trinajstić information content (AvgIpc) is 2.52. The normalized spacial score (nSPS) is 16.5. The van der Waals surface area contributed by atoms with Crippen molar-refractivity contribution in [3.63, 3.8) is 0 Å². The molecule has 20 heavy (non-hydrogen) atoms. The zero-order chi connectivity index (χ0) is 14.2. The lowest BCUT2D eigenvalue weighted by Gasteiger charge is -2.25. The Kier molecular flexibility index (Phi) is 5.87. The highest BCUT2D eigenvalue weighted by atomic mass is 16.5. The molecule has 0 bridgehead atoms. The van der Waals surface area contributed by atoms with E-state index in [1.165, 1.54) is 32.4 Å². The molecular weight excluding hydrogens is 252 g/mol. The molecule has 4 heteroatoms. The van der Waals surface area contributed by atoms with Gasteiger partial charge in [-0.05, 0) is 49.7 Å². The summed E-state index contributed by atoms with van der Waals surface area (Å²) < 4.78 is 10.5. The summed E-state index contributed by atoms with van der Waals surface area (Å²) in [4.78, 5) is 7.00. The molecule has 0 unspecified atom stereocenters. The molecule has 0 atom stereocenters. The van der Waals surface area contributed by atoms with Gasteiger partial charge in [-0.1, -0.05) is 6.42 Å². The van der Waals surface area contributed by atoms with Crippen molar-refractivity contribution in [2.24, 2.45) is 4.99 Å². The van der Waals surface area contributed by atoms with E-state index in [9.17, 15) is 0 Å². The average molecular weight is 276 g/mol. The molecule has 0 saturated carbocycles. The second-order valence-corrected chi connectivity index (χ2v) is 5.05. The molecule has 1 heterocycles. The maximum Gasteiger partial charge on any atom is 0.161 e. The Morgan fingerprint density at radius 1 is 1.10 bits per heavy atom. The van der Waals surface area contributed by atoms with Crippen LogP contribution in [0.25, 0.3) is 0 Å². The fourth-order valence-corrected chi connectivity index (χ4v) is 2.49. The molecule has 0 amide bonds. The molecule has 0 N–H and O–H groups in total. The van der Waals surface area contributed by atoms with Crippen LogP contribution in [0.3, 0.4) is 0 Å². The monoisotopic (exact) mass is 276 g/mol. The lowest BCUT2D eigenvalue weighted by atomic mass is 10.1. The van der Waals surface area contributed by atoms with Crippen molar-refractivity contribution in [2.45, 2.75) is 19.3 Å². The lowest BCUT2D eigenvalue weighted by Crippen LogP contribution is -2.31. The first-order valence-electron chi connectivity index (χ1n) is 7.27. The fraction of sp³-hybridized carbons (Fsp3) is 0.562. The van der Waals surface area contributed by atoms with Crippen LogP contribution in [0.5, 0.6) is 11.5 Å². The summed E-state index contributed by atoms with van der Waals surface area (Å²) in [7, 11) is 3.29. The van der Waals surface area contributed by atoms with Crippen molar-refractivity contribution >= 4 is 6.21 Å². The van der Waals surface area contributed by atoms with Crippen LogP contribution in [0.1, 0.15) is 24.8 Å². The van der Waals surface area contributed by atoms with Crippen molar-refractivity contribution in [1.29, 1.82) is 0 Å². The van der Waals surface area contributed by atoms with Gasteiger partial charge in [0.1, 0.15) is 0 Å². The van der Waals surface area contributed by atoms with Crippen molar-refractivity contribution < 1.29 is 9.47 Å². The topological polar surface area (TPSA) is 34.1 Å². The largest absolute Gasteiger partial charge is 0.493 e. The fourth-order valence-electron chi connectivity index (χ4n) is 2.49. The molecule has 0 aromatic heterocycles. The third-order valence-corrected chi connectivity index (χ3v) is 3.64. The molecule has 1 fully saturated rings. The van der Waals surface area contributed by atoms with Gasteiger partial charge < -0.3 is 14.4 Å². The summed E-state index contributed by atoms with van der Waals surface area (Å²) >= 11 is 0. The Morgan fingerprint density at radius 2 is 1.85 bits per heavy atom. The quantitative estimate of drug-likeness (QED) is 0.749. The second-order valence-electron chi connectivity index (χ2n) is 5.05. The molecule has 1 aliphatic rings. The van der Waals surface area contributed by atoms with E-state index in [1.807, 2.05) is 24.4 Å². The molecular formula is C16H24N2O2. The van der Waals surface area contributed by atoms with Crippen molar-refractivity contribution in [3.8, 4) is 11.5 Å². The summed E-state index contributed by atoms with van der Waals surface area (Å²) in [6.07, 6.45) is 5.95. The Hall–Kier alpha value is -1.55. The summed E-state index contributed by atoms with van der Waals surface area (Å²) in [5.41, 5.74) is 1.04. The molecule has 0 aliphatic carbocycles. The molecule has 1 aromatic carbocycles. The first-order valence-corrected chi connectivity index (χ1v) is 7.27. The third kappa shape index (κ3) is 4.23. The number of methoxy groups -OCH3 is 2. The zero-order valence-electron chi connectivity index (χ0n) is 12.5. The van der Waals surface area contributed by atoms with Gasteiger partial charge >= 0.3 is 0 Å². The summed E-state index contributed by atoms with van der Waals surface area (Å²) in [5, 5.41) is 0. The van der Waals surface area contributed by atoms with E-state index in [-0.39, 0.29) is 0 Å². The number of hydrogen-bond donors (Lipinski definition) is 0. The lowest BCUT2D eigenvalue weighted by molar-refractivity contribution is 0.235. The minimum Gasteiger partial charge on any atom is -0.493 e. The molecule has 110 valence electrons. The molecule has 1 aromatic rings. The van der Waals surface area contributed by atoms with Gasteiger partial charge in [0.05, 0.1) is 20.8 Å². The van der Waals surface area contributed by atoms with Crippen molar-refractivity contribution in [1.82, 2.24) is 4.90 Å². The predicted octanol–water partition coefficient (Wildman–Crippen LogP) is 2.61. The maximum atomic E-state index is 5.28. The predicted molar refractivity (Wildman–Crippen MR) is 82.3 cm³/mol. The minimum atomic E-state index is 0.743. The van der Waals surface area contributed by atoms with Crippen LogP contribution < -0.4 is 9.47 Å². The van der Waals surface area contributed by atoms with Gasteiger partial charge in [-0.3, -0.25) is 4.99 Å². The van der Waals surface area contributed by atoms with Gasteiger partial charge in [-0.2, -0.15) is 0 Å². The van der Waals surface area contributed by atoms with Gasteiger partial charge in [0.25, 0.3) is 0 Å². The second kappa shape index (κ2) is 7.90. The van der Waals surface area contributed by atoms with Gasteiger partial charge in [-0.15, -0.1) is 0 Å². The number of hydrogen-bond acceptors (Lipinski definition) is 4. The van der Waals surface area contributed by atoms with E-state index in [2.05, 4.69) is 9.89 Å². The van der Waals surface area contributed by atoms with Crippen LogP contribution in [0.2, 0.25) is 0 Å². The van der Waals surface area contributed by atoms with E-state index >= 15 is 0 Å². The minimum absolute atomic E-state index is 0.743. The number of piperidine rings is 1. The molecule has 1 saturated heterocycles. The number of likely N-dealkylation sites (tertiary alicyclic amines) is 1. The summed E-state index contributed by atoms with van der Waals surface area (Å²) in [6, 6.07) is 5.85. The SMILES string of the molecule is COc1ccc(C=NCCN2CCCCC2)cc1OC. The number of benzene rings is 1. The number of rotatable bonds is 6. The van der Waals surface area contributed by atoms with Crippen LogP contribution in [0.4, 0.5) is 0 Å². The highest BCUT2D eigenvalue weighted by Gasteiger charge is 2.08. The van der Waals surface area contributed by atoms with Crippen LogP contribution in [-0.2, 0) is 0 Å². The smallest absolute Gasteiger partial charge is 0.161 e. The number of aliphatic imine (C=N–C) groups is 1. The number of ether oxygens (including phenoxy) is 2. The van der Waals surface area contributed by atoms with Crippen molar-refractivity contribution in [2.75, 3.05) is 40.4 Å². The molecule has 1 aliphatic heterocycles. The summed E-state index contributed by atoms with van der Waals surface area (Å²) in [6.45, 7) is 4.37. The van der Waals surface area contributed by atoms with Crippen LogP contribution in [0, 0.1) is 0 Å². The van der Waals surface area contributed by atoms with E-state index in [0.29, 0.717) is 0 Å². The molecule has 0 radical (unpaired) electrons. The Labute approximate surface area is 121 Å². The zero-order valence-corrected chi connectivity index (χ0v) is 12.5. The van der Waals surface area contributed by atoms with Gasteiger partial charge in [0.2, 0.25) is 0 Å². The Balaban J connectivity index is 1.84. The van der Waals surface area contributed by atoms with Crippen LogP contribution in [0.15, 0.2) is 23.2 Å². The molecule has 4 nitrogen and oxygen atoms in total. The Bertz CT molecular complexity index is 440. The first-order chi connectivity index (χ1) is 9.83. The van der Waals surface area contributed by atoms with Crippen LogP contribution >= 0.6 is 0 Å². The van der Waals surface area contributed by atoms with Gasteiger partial charge in [0.15, 0.2) is 11.5 Å². The standard InChI is InChI=1S/C16H24N2O2/c1-19-15-7-6-14(12-16(15)20-2)13-17-8-11-18-9-4-3-5-10-18/h6-7,12-13H,3-5,8-11H2,1-2H3. The third-order valence-electron chi connectivity index (χ3n) is 3.64. The Morgan fingerprint density at radius 3 is 2.55 bits per heavy atom. The maximum absolute atomic E-state index is 5.28. The summed E-state index contributed by atoms with van der Waals surface area (Å²) in [5.74, 6) is 1.49. The van der Waals surface area contributed by atoms with Crippen LogP contribution in [-0.4, -0.2) is 51.5 Å². The number of nitrogens with zero attached hydrogens (tertiary/aromatic N) is 2. The van der Waals surface area contributed by atoms with Gasteiger partial charge in [-0.25, -0.2) is 0 Å². The molecule has 2 rings (SSSR count). The highest BCUT2D eigenvalue weighted by Crippen LogP contribution is 2.26. The van der Waals surface area contributed by atoms with E-state index < -0.39 is 0 Å². The van der Waals surface area contributed by atoms with E-state index in [0.717, 1.165) is 30.2 Å². The van der Waals surface area contributed by atoms with Crippen molar-refractivity contribution in [3.05, 3.63) is 23.8 Å². The van der Waals surface area contributed by atoms with E-state index in [1.54, 1.807) is 14.2 Å².